The van der Waals surface area contributed by atoms with Gasteiger partial charge in [-0.2, -0.15) is 0 Å². The molecule has 2 aromatic carbocycles. The van der Waals surface area contributed by atoms with Gasteiger partial charge in [-0.05, 0) is 42.3 Å². The van der Waals surface area contributed by atoms with Crippen molar-refractivity contribution in [3.63, 3.8) is 0 Å². The summed E-state index contributed by atoms with van der Waals surface area (Å²) in [6.07, 6.45) is 4.01. The first-order valence-electron chi connectivity index (χ1n) is 9.58. The molecule has 0 saturated heterocycles. The molecule has 0 saturated carbocycles. The molecule has 4 rings (SSSR count). The number of fused-ring (bicyclic) bond motifs is 1. The summed E-state index contributed by atoms with van der Waals surface area (Å²) in [5.74, 6) is 0.908. The summed E-state index contributed by atoms with van der Waals surface area (Å²) in [6, 6.07) is 19.1. The summed E-state index contributed by atoms with van der Waals surface area (Å²) in [4.78, 5) is 25.5. The van der Waals surface area contributed by atoms with Crippen molar-refractivity contribution in [3.8, 4) is 5.75 Å². The van der Waals surface area contributed by atoms with Gasteiger partial charge in [-0.15, -0.1) is 0 Å². The van der Waals surface area contributed by atoms with Crippen LogP contribution in [0.1, 0.15) is 16.1 Å². The molecule has 0 atom stereocenters. The highest BCUT2D eigenvalue weighted by Crippen LogP contribution is 2.23. The number of benzene rings is 2. The number of nitrogens with one attached hydrogen (secondary N) is 2. The van der Waals surface area contributed by atoms with E-state index in [4.69, 9.17) is 4.74 Å². The predicted octanol–water partition coefficient (Wildman–Crippen LogP) is 3.75. The van der Waals surface area contributed by atoms with Crippen molar-refractivity contribution in [3.05, 3.63) is 84.3 Å². The summed E-state index contributed by atoms with van der Waals surface area (Å²) in [7, 11) is 1.64. The number of aromatic nitrogens is 3. The largest absolute Gasteiger partial charge is 0.497 e. The molecular weight excluding hydrogens is 378 g/mol. The summed E-state index contributed by atoms with van der Waals surface area (Å²) < 4.78 is 5.15. The number of pyridine rings is 1. The van der Waals surface area contributed by atoms with Crippen molar-refractivity contribution < 1.29 is 9.53 Å². The van der Waals surface area contributed by atoms with E-state index >= 15 is 0 Å². The number of hydrogen-bond donors (Lipinski definition) is 2. The van der Waals surface area contributed by atoms with Crippen molar-refractivity contribution >= 4 is 28.4 Å². The fourth-order valence-electron chi connectivity index (χ4n) is 3.07. The van der Waals surface area contributed by atoms with Crippen molar-refractivity contribution in [2.24, 2.45) is 0 Å². The average Bonchev–Trinajstić information content (AvgIpc) is 2.80. The number of methoxy groups -OCH3 is 1. The minimum atomic E-state index is -0.245. The molecule has 4 aromatic rings. The number of amides is 1. The van der Waals surface area contributed by atoms with Gasteiger partial charge in [-0.1, -0.05) is 30.3 Å². The van der Waals surface area contributed by atoms with Crippen LogP contribution >= 0.6 is 0 Å². The fraction of sp³-hybridized carbons (Fsp3) is 0.130. The smallest absolute Gasteiger partial charge is 0.270 e. The fourth-order valence-corrected chi connectivity index (χ4v) is 3.07. The molecule has 7 nitrogen and oxygen atoms in total. The second kappa shape index (κ2) is 9.00. The number of carbonyl (C=O) groups excluding carboxylic acids is 1. The molecule has 0 unspecified atom stereocenters. The summed E-state index contributed by atoms with van der Waals surface area (Å²) in [5, 5.41) is 7.06. The zero-order valence-corrected chi connectivity index (χ0v) is 16.5. The van der Waals surface area contributed by atoms with Crippen LogP contribution in [0.15, 0.2) is 73.1 Å². The van der Waals surface area contributed by atoms with Crippen molar-refractivity contribution in [2.75, 3.05) is 19.0 Å². The number of ether oxygens (including phenoxy) is 1. The van der Waals surface area contributed by atoms with Gasteiger partial charge in [-0.3, -0.25) is 9.78 Å². The normalized spacial score (nSPS) is 10.6. The van der Waals surface area contributed by atoms with Gasteiger partial charge < -0.3 is 15.4 Å². The highest BCUT2D eigenvalue weighted by molar-refractivity contribution is 5.93. The molecule has 2 N–H and O–H groups in total. The van der Waals surface area contributed by atoms with Crippen LogP contribution in [-0.4, -0.2) is 34.5 Å². The first kappa shape index (κ1) is 19.3. The van der Waals surface area contributed by atoms with Crippen molar-refractivity contribution in [2.45, 2.75) is 6.42 Å². The third-order valence-electron chi connectivity index (χ3n) is 4.63. The number of rotatable bonds is 7. The van der Waals surface area contributed by atoms with Gasteiger partial charge >= 0.3 is 0 Å². The SMILES string of the molecule is COc1ccc(CCNC(=O)c2ccnc(Nc3cccc4cccnc34)n2)cc1. The van der Waals surface area contributed by atoms with Crippen LogP contribution in [0.4, 0.5) is 11.6 Å². The maximum absolute atomic E-state index is 12.5. The molecule has 2 heterocycles. The van der Waals surface area contributed by atoms with Gasteiger partial charge in [0.2, 0.25) is 5.95 Å². The van der Waals surface area contributed by atoms with Crippen molar-refractivity contribution in [1.29, 1.82) is 0 Å². The van der Waals surface area contributed by atoms with E-state index in [0.29, 0.717) is 24.6 Å². The molecule has 0 bridgehead atoms. The molecule has 0 aliphatic rings. The van der Waals surface area contributed by atoms with Gasteiger partial charge in [0, 0.05) is 24.3 Å². The second-order valence-electron chi connectivity index (χ2n) is 6.63. The van der Waals surface area contributed by atoms with Gasteiger partial charge in [0.15, 0.2) is 0 Å². The van der Waals surface area contributed by atoms with E-state index < -0.39 is 0 Å². The van der Waals surface area contributed by atoms with Crippen LogP contribution in [0.5, 0.6) is 5.75 Å². The Balaban J connectivity index is 1.40. The summed E-state index contributed by atoms with van der Waals surface area (Å²) in [5.41, 5.74) is 3.02. The molecule has 1 amide bonds. The summed E-state index contributed by atoms with van der Waals surface area (Å²) >= 11 is 0. The Morgan fingerprint density at radius 2 is 1.80 bits per heavy atom. The lowest BCUT2D eigenvalue weighted by molar-refractivity contribution is 0.0949. The topological polar surface area (TPSA) is 89.0 Å². The molecule has 0 aliphatic carbocycles. The van der Waals surface area contributed by atoms with Crippen LogP contribution in [0.3, 0.4) is 0 Å². The number of nitrogens with zero attached hydrogens (tertiary/aromatic N) is 3. The zero-order valence-electron chi connectivity index (χ0n) is 16.5. The number of carbonyl (C=O) groups is 1. The Hall–Kier alpha value is -4.00. The molecule has 7 heteroatoms. The van der Waals surface area contributed by atoms with Gasteiger partial charge in [0.25, 0.3) is 5.91 Å². The van der Waals surface area contributed by atoms with Gasteiger partial charge in [0.1, 0.15) is 11.4 Å². The monoisotopic (exact) mass is 399 g/mol. The number of anilines is 2. The first-order valence-corrected chi connectivity index (χ1v) is 9.58. The highest BCUT2D eigenvalue weighted by Gasteiger charge is 2.10. The van der Waals surface area contributed by atoms with E-state index in [1.54, 1.807) is 25.6 Å². The predicted molar refractivity (Wildman–Crippen MR) is 116 cm³/mol. The van der Waals surface area contributed by atoms with Crippen LogP contribution in [0.25, 0.3) is 10.9 Å². The van der Waals surface area contributed by atoms with E-state index in [1.165, 1.54) is 0 Å². The minimum Gasteiger partial charge on any atom is -0.497 e. The third kappa shape index (κ3) is 4.52. The maximum Gasteiger partial charge on any atom is 0.270 e. The third-order valence-corrected chi connectivity index (χ3v) is 4.63. The molecule has 0 spiro atoms. The zero-order chi connectivity index (χ0) is 20.8. The lowest BCUT2D eigenvalue weighted by Gasteiger charge is -2.09. The Morgan fingerprint density at radius 3 is 2.63 bits per heavy atom. The van der Waals surface area contributed by atoms with E-state index in [-0.39, 0.29) is 5.91 Å². The Bertz CT molecular complexity index is 1160. The highest BCUT2D eigenvalue weighted by atomic mass is 16.5. The standard InChI is InChI=1S/C23H21N5O2/c1-30-18-9-7-16(8-10-18)11-14-25-22(29)20-12-15-26-23(28-20)27-19-6-2-4-17-5-3-13-24-21(17)19/h2-10,12-13,15H,11,14H2,1H3,(H,25,29)(H,26,27,28). The van der Waals surface area contributed by atoms with E-state index in [2.05, 4.69) is 25.6 Å². The lowest BCUT2D eigenvalue weighted by Crippen LogP contribution is -2.26. The Labute approximate surface area is 174 Å². The lowest BCUT2D eigenvalue weighted by atomic mass is 10.1. The van der Waals surface area contributed by atoms with E-state index in [9.17, 15) is 4.79 Å². The number of hydrogen-bond acceptors (Lipinski definition) is 6. The second-order valence-corrected chi connectivity index (χ2v) is 6.63. The minimum absolute atomic E-state index is 0.245. The molecule has 0 fully saturated rings. The Morgan fingerprint density at radius 1 is 0.967 bits per heavy atom. The van der Waals surface area contributed by atoms with Crippen LogP contribution in [0.2, 0.25) is 0 Å². The quantitative estimate of drug-likeness (QED) is 0.492. The van der Waals surface area contributed by atoms with Gasteiger partial charge in [0.05, 0.1) is 18.3 Å². The van der Waals surface area contributed by atoms with Crippen LogP contribution < -0.4 is 15.4 Å². The molecule has 30 heavy (non-hydrogen) atoms. The average molecular weight is 399 g/mol. The molecule has 2 aromatic heterocycles. The summed E-state index contributed by atoms with van der Waals surface area (Å²) in [6.45, 7) is 0.505. The first-order chi connectivity index (χ1) is 14.7. The molecule has 0 aliphatic heterocycles. The van der Waals surface area contributed by atoms with Gasteiger partial charge in [-0.25, -0.2) is 9.97 Å². The maximum atomic E-state index is 12.5. The van der Waals surface area contributed by atoms with Crippen LogP contribution in [-0.2, 0) is 6.42 Å². The molecular formula is C23H21N5O2. The van der Waals surface area contributed by atoms with E-state index in [0.717, 1.165) is 27.9 Å². The van der Waals surface area contributed by atoms with Crippen LogP contribution in [0, 0.1) is 0 Å². The number of para-hydroxylation sites is 1. The molecule has 0 radical (unpaired) electrons. The molecule has 150 valence electrons. The Kier molecular flexibility index (Phi) is 5.80. The van der Waals surface area contributed by atoms with Crippen molar-refractivity contribution in [1.82, 2.24) is 20.3 Å². The van der Waals surface area contributed by atoms with E-state index in [1.807, 2.05) is 54.6 Å².